The van der Waals surface area contributed by atoms with Crippen molar-refractivity contribution in [2.24, 2.45) is 0 Å². The number of nitrogens with one attached hydrogen (secondary N) is 2. The summed E-state index contributed by atoms with van der Waals surface area (Å²) in [6.07, 6.45) is 0. The molecule has 3 aromatic rings. The lowest BCUT2D eigenvalue weighted by atomic mass is 10.1. The van der Waals surface area contributed by atoms with Crippen LogP contribution >= 0.6 is 11.6 Å². The van der Waals surface area contributed by atoms with Gasteiger partial charge < -0.3 is 5.32 Å². The van der Waals surface area contributed by atoms with E-state index in [9.17, 15) is 22.0 Å². The fourth-order valence-electron chi connectivity index (χ4n) is 2.61. The van der Waals surface area contributed by atoms with Gasteiger partial charge >= 0.3 is 0 Å². The molecule has 0 fully saturated rings. The molecule has 9 heteroatoms. The van der Waals surface area contributed by atoms with E-state index in [-0.39, 0.29) is 16.3 Å². The van der Waals surface area contributed by atoms with Gasteiger partial charge in [0.25, 0.3) is 15.9 Å². The summed E-state index contributed by atoms with van der Waals surface area (Å²) >= 11 is 5.88. The smallest absolute Gasteiger partial charge is 0.262 e. The van der Waals surface area contributed by atoms with Gasteiger partial charge in [0.05, 0.1) is 16.1 Å². The third-order valence-electron chi connectivity index (χ3n) is 4.01. The topological polar surface area (TPSA) is 75.3 Å². The summed E-state index contributed by atoms with van der Waals surface area (Å²) < 4.78 is 55.1. The van der Waals surface area contributed by atoms with Gasteiger partial charge in [-0.3, -0.25) is 9.52 Å². The largest absolute Gasteiger partial charge is 0.322 e. The van der Waals surface area contributed by atoms with Crippen LogP contribution in [0.1, 0.15) is 15.9 Å². The van der Waals surface area contributed by atoms with Crippen LogP contribution in [0.25, 0.3) is 0 Å². The van der Waals surface area contributed by atoms with Crippen LogP contribution in [0.15, 0.2) is 65.6 Å². The van der Waals surface area contributed by atoms with Gasteiger partial charge in [-0.25, -0.2) is 17.2 Å². The molecule has 0 unspecified atom stereocenters. The van der Waals surface area contributed by atoms with Crippen molar-refractivity contribution in [1.82, 2.24) is 0 Å². The number of carbonyl (C=O) groups excluding carboxylic acids is 1. The number of halogens is 3. The number of amides is 1. The first-order valence-corrected chi connectivity index (χ1v) is 10.2. The van der Waals surface area contributed by atoms with E-state index in [2.05, 4.69) is 10.0 Å². The fraction of sp³-hybridized carbons (Fsp3) is 0.0500. The van der Waals surface area contributed by atoms with E-state index in [1.807, 2.05) is 0 Å². The van der Waals surface area contributed by atoms with Gasteiger partial charge in [0.2, 0.25) is 0 Å². The number of hydrogen-bond donors (Lipinski definition) is 2. The van der Waals surface area contributed by atoms with E-state index in [1.54, 1.807) is 19.1 Å². The fourth-order valence-corrected chi connectivity index (χ4v) is 4.12. The van der Waals surface area contributed by atoms with E-state index < -0.39 is 33.1 Å². The molecule has 3 rings (SSSR count). The molecule has 0 spiro atoms. The van der Waals surface area contributed by atoms with Crippen LogP contribution in [0.4, 0.5) is 20.2 Å². The van der Waals surface area contributed by atoms with Gasteiger partial charge in [-0.2, -0.15) is 0 Å². The number of benzene rings is 3. The highest BCUT2D eigenvalue weighted by molar-refractivity contribution is 7.92. The van der Waals surface area contributed by atoms with Crippen molar-refractivity contribution >= 4 is 38.9 Å². The molecular formula is C20H15ClF2N2O3S. The van der Waals surface area contributed by atoms with Crippen LogP contribution in [0.2, 0.25) is 5.02 Å². The molecule has 0 aliphatic heterocycles. The van der Waals surface area contributed by atoms with Gasteiger partial charge in [0.1, 0.15) is 0 Å². The van der Waals surface area contributed by atoms with Crippen molar-refractivity contribution in [3.05, 3.63) is 88.4 Å². The molecule has 0 saturated carbocycles. The predicted octanol–water partition coefficient (Wildman–Crippen LogP) is 4.98. The van der Waals surface area contributed by atoms with Crippen molar-refractivity contribution in [2.45, 2.75) is 11.8 Å². The lowest BCUT2D eigenvalue weighted by molar-refractivity contribution is 0.102. The normalized spacial score (nSPS) is 11.2. The zero-order valence-electron chi connectivity index (χ0n) is 15.0. The zero-order chi connectivity index (χ0) is 21.2. The van der Waals surface area contributed by atoms with Crippen LogP contribution in [-0.2, 0) is 10.0 Å². The molecule has 0 aliphatic carbocycles. The summed E-state index contributed by atoms with van der Waals surface area (Å²) in [5.41, 5.74) is 0.311. The molecule has 2 N–H and O–H groups in total. The van der Waals surface area contributed by atoms with Crippen LogP contribution in [-0.4, -0.2) is 14.3 Å². The number of carbonyl (C=O) groups is 1. The molecule has 0 bridgehead atoms. The first-order chi connectivity index (χ1) is 13.7. The number of hydrogen-bond acceptors (Lipinski definition) is 3. The molecule has 0 saturated heterocycles. The second-order valence-electron chi connectivity index (χ2n) is 6.15. The Balaban J connectivity index is 1.89. The predicted molar refractivity (Wildman–Crippen MR) is 108 cm³/mol. The van der Waals surface area contributed by atoms with Crippen molar-refractivity contribution in [2.75, 3.05) is 10.0 Å². The van der Waals surface area contributed by atoms with Crippen molar-refractivity contribution in [1.29, 1.82) is 0 Å². The van der Waals surface area contributed by atoms with Gasteiger partial charge in [0, 0.05) is 10.7 Å². The summed E-state index contributed by atoms with van der Waals surface area (Å²) in [5.74, 6) is -3.35. The highest BCUT2D eigenvalue weighted by Crippen LogP contribution is 2.25. The lowest BCUT2D eigenvalue weighted by Crippen LogP contribution is -2.17. The number of aryl methyl sites for hydroxylation is 1. The number of rotatable bonds is 5. The molecule has 1 amide bonds. The molecule has 150 valence electrons. The average Bonchev–Trinajstić information content (AvgIpc) is 2.65. The SMILES string of the molecule is Cc1ccc(NC(=O)c2cccc(F)c2F)cc1S(=O)(=O)Nc1cccc(Cl)c1. The summed E-state index contributed by atoms with van der Waals surface area (Å²) in [6, 6.07) is 13.6. The second kappa shape index (κ2) is 8.18. The molecule has 0 radical (unpaired) electrons. The van der Waals surface area contributed by atoms with Crippen molar-refractivity contribution in [3.63, 3.8) is 0 Å². The van der Waals surface area contributed by atoms with Gasteiger partial charge in [-0.05, 0) is 55.0 Å². The Kier molecular flexibility index (Phi) is 5.86. The molecular weight excluding hydrogens is 422 g/mol. The first-order valence-electron chi connectivity index (χ1n) is 8.32. The Hall–Kier alpha value is -2.97. The Morgan fingerprint density at radius 1 is 0.966 bits per heavy atom. The highest BCUT2D eigenvalue weighted by Gasteiger charge is 2.20. The third kappa shape index (κ3) is 4.72. The zero-order valence-corrected chi connectivity index (χ0v) is 16.6. The standard InChI is InChI=1S/C20H15ClF2N2O3S/c1-12-8-9-14(24-20(26)16-6-3-7-17(22)19(16)23)11-18(12)29(27,28)25-15-5-2-4-13(21)10-15/h2-11,25H,1H3,(H,24,26). The molecule has 5 nitrogen and oxygen atoms in total. The summed E-state index contributed by atoms with van der Waals surface area (Å²) in [7, 11) is -3.99. The minimum absolute atomic E-state index is 0.0880. The molecule has 0 heterocycles. The van der Waals surface area contributed by atoms with Crippen LogP contribution < -0.4 is 10.0 Å². The first kappa shape index (κ1) is 20.8. The van der Waals surface area contributed by atoms with Gasteiger partial charge in [0.15, 0.2) is 11.6 Å². The van der Waals surface area contributed by atoms with E-state index in [0.29, 0.717) is 10.6 Å². The Morgan fingerprint density at radius 3 is 2.41 bits per heavy atom. The monoisotopic (exact) mass is 436 g/mol. The Bertz CT molecular complexity index is 1200. The quantitative estimate of drug-likeness (QED) is 0.592. The van der Waals surface area contributed by atoms with Crippen molar-refractivity contribution < 1.29 is 22.0 Å². The van der Waals surface area contributed by atoms with E-state index in [0.717, 1.165) is 12.1 Å². The third-order valence-corrected chi connectivity index (χ3v) is 5.77. The van der Waals surface area contributed by atoms with E-state index in [4.69, 9.17) is 11.6 Å². The minimum Gasteiger partial charge on any atom is -0.322 e. The van der Waals surface area contributed by atoms with Gasteiger partial charge in [-0.15, -0.1) is 0 Å². The average molecular weight is 437 g/mol. The molecule has 3 aromatic carbocycles. The summed E-state index contributed by atoms with van der Waals surface area (Å²) in [4.78, 5) is 12.2. The van der Waals surface area contributed by atoms with Crippen LogP contribution in [0.3, 0.4) is 0 Å². The van der Waals surface area contributed by atoms with Gasteiger partial charge in [-0.1, -0.05) is 29.8 Å². The second-order valence-corrected chi connectivity index (χ2v) is 8.24. The highest BCUT2D eigenvalue weighted by atomic mass is 35.5. The molecule has 29 heavy (non-hydrogen) atoms. The summed E-state index contributed by atoms with van der Waals surface area (Å²) in [5, 5.41) is 2.74. The number of sulfonamides is 1. The summed E-state index contributed by atoms with van der Waals surface area (Å²) in [6.45, 7) is 1.59. The van der Waals surface area contributed by atoms with Crippen molar-refractivity contribution in [3.8, 4) is 0 Å². The minimum atomic E-state index is -3.99. The lowest BCUT2D eigenvalue weighted by Gasteiger charge is -2.13. The maximum Gasteiger partial charge on any atom is 0.262 e. The molecule has 0 aromatic heterocycles. The van der Waals surface area contributed by atoms with Crippen LogP contribution in [0, 0.1) is 18.6 Å². The van der Waals surface area contributed by atoms with Crippen LogP contribution in [0.5, 0.6) is 0 Å². The maximum absolute atomic E-state index is 13.8. The molecule has 0 aliphatic rings. The Labute approximate surface area is 171 Å². The number of anilines is 2. The van der Waals surface area contributed by atoms with E-state index in [1.165, 1.54) is 36.4 Å². The van der Waals surface area contributed by atoms with E-state index >= 15 is 0 Å². The Morgan fingerprint density at radius 2 is 1.69 bits per heavy atom. The molecule has 0 atom stereocenters. The maximum atomic E-state index is 13.8.